The second kappa shape index (κ2) is 7.19. The fraction of sp³-hybridized carbons (Fsp3) is 0.471. The van der Waals surface area contributed by atoms with E-state index in [4.69, 9.17) is 4.74 Å². The van der Waals surface area contributed by atoms with Gasteiger partial charge in [0.1, 0.15) is 5.82 Å². The van der Waals surface area contributed by atoms with Crippen LogP contribution in [-0.4, -0.2) is 34.2 Å². The van der Waals surface area contributed by atoms with E-state index in [9.17, 15) is 8.78 Å². The van der Waals surface area contributed by atoms with Crippen molar-refractivity contribution in [3.05, 3.63) is 53.6 Å². The molecular weight excluding hydrogens is 300 g/mol. The van der Waals surface area contributed by atoms with Gasteiger partial charge in [-0.15, -0.1) is 0 Å². The number of aromatic nitrogens is 2. The molecule has 3 rings (SSSR count). The number of ether oxygens (including phenoxy) is 1. The highest BCUT2D eigenvalue weighted by molar-refractivity contribution is 5.18. The molecule has 23 heavy (non-hydrogen) atoms. The summed E-state index contributed by atoms with van der Waals surface area (Å²) in [6.45, 7) is 6.31. The second-order valence-electron chi connectivity index (χ2n) is 5.94. The quantitative estimate of drug-likeness (QED) is 0.848. The van der Waals surface area contributed by atoms with E-state index in [2.05, 4.69) is 14.5 Å². The van der Waals surface area contributed by atoms with Gasteiger partial charge in [-0.25, -0.2) is 13.8 Å². The van der Waals surface area contributed by atoms with Gasteiger partial charge in [0, 0.05) is 44.6 Å². The van der Waals surface area contributed by atoms with E-state index in [0.717, 1.165) is 24.5 Å². The number of imidazole rings is 1. The van der Waals surface area contributed by atoms with Gasteiger partial charge >= 0.3 is 0 Å². The molecule has 0 fully saturated rings. The summed E-state index contributed by atoms with van der Waals surface area (Å²) in [5, 5.41) is 0. The molecule has 1 atom stereocenters. The topological polar surface area (TPSA) is 30.3 Å². The molecule has 1 aromatic heterocycles. The molecule has 0 radical (unpaired) electrons. The van der Waals surface area contributed by atoms with Crippen molar-refractivity contribution < 1.29 is 13.5 Å². The van der Waals surface area contributed by atoms with Crippen LogP contribution < -0.4 is 0 Å². The standard InChI is InChI=1S/C17H21F2N3O/c1-2-23-12-14-9-21(11-17-20-5-6-22(17)10-14)8-13-3-4-15(18)16(19)7-13/h3-7,14H,2,8-12H2,1H3. The first-order valence-electron chi connectivity index (χ1n) is 7.89. The maximum atomic E-state index is 13.4. The second-order valence-corrected chi connectivity index (χ2v) is 5.94. The molecule has 0 aliphatic carbocycles. The van der Waals surface area contributed by atoms with E-state index in [0.29, 0.717) is 32.2 Å². The third-order valence-electron chi connectivity index (χ3n) is 4.09. The number of rotatable bonds is 5. The van der Waals surface area contributed by atoms with E-state index in [1.807, 2.05) is 13.1 Å². The lowest BCUT2D eigenvalue weighted by Gasteiger charge is -2.23. The molecule has 0 spiro atoms. The smallest absolute Gasteiger partial charge is 0.159 e. The Kier molecular flexibility index (Phi) is 5.03. The van der Waals surface area contributed by atoms with Crippen LogP contribution in [0.4, 0.5) is 8.78 Å². The van der Waals surface area contributed by atoms with Gasteiger partial charge < -0.3 is 9.30 Å². The number of hydrogen-bond acceptors (Lipinski definition) is 3. The summed E-state index contributed by atoms with van der Waals surface area (Å²) in [4.78, 5) is 6.61. The van der Waals surface area contributed by atoms with E-state index < -0.39 is 11.6 Å². The molecule has 0 amide bonds. The highest BCUT2D eigenvalue weighted by atomic mass is 19.2. The fourth-order valence-electron chi connectivity index (χ4n) is 3.03. The van der Waals surface area contributed by atoms with Gasteiger partial charge in [-0.05, 0) is 24.6 Å². The molecule has 0 bridgehead atoms. The predicted molar refractivity (Wildman–Crippen MR) is 82.7 cm³/mol. The number of hydrogen-bond donors (Lipinski definition) is 0. The zero-order valence-electron chi connectivity index (χ0n) is 13.2. The minimum absolute atomic E-state index is 0.343. The Morgan fingerprint density at radius 1 is 1.26 bits per heavy atom. The van der Waals surface area contributed by atoms with Crippen molar-refractivity contribution in [3.8, 4) is 0 Å². The molecular formula is C17H21F2N3O. The largest absolute Gasteiger partial charge is 0.381 e. The SMILES string of the molecule is CCOCC1CN(Cc2ccc(F)c(F)c2)Cc2nccn2C1. The van der Waals surface area contributed by atoms with E-state index in [1.54, 1.807) is 12.3 Å². The molecule has 1 unspecified atom stereocenters. The normalized spacial score (nSPS) is 18.7. The number of nitrogens with zero attached hydrogens (tertiary/aromatic N) is 3. The Morgan fingerprint density at radius 2 is 2.13 bits per heavy atom. The summed E-state index contributed by atoms with van der Waals surface area (Å²) in [5.74, 6) is -0.277. The van der Waals surface area contributed by atoms with E-state index in [1.165, 1.54) is 12.1 Å². The first-order valence-corrected chi connectivity index (χ1v) is 7.89. The van der Waals surface area contributed by atoms with Crippen molar-refractivity contribution in [1.29, 1.82) is 0 Å². The van der Waals surface area contributed by atoms with Crippen molar-refractivity contribution in [3.63, 3.8) is 0 Å². The summed E-state index contributed by atoms with van der Waals surface area (Å²) in [6, 6.07) is 4.08. The third kappa shape index (κ3) is 3.95. The minimum Gasteiger partial charge on any atom is -0.381 e. The molecule has 2 aromatic rings. The summed E-state index contributed by atoms with van der Waals surface area (Å²) in [6.07, 6.45) is 3.78. The van der Waals surface area contributed by atoms with Gasteiger partial charge in [-0.3, -0.25) is 4.90 Å². The summed E-state index contributed by atoms with van der Waals surface area (Å²) < 4.78 is 34.2. The van der Waals surface area contributed by atoms with Crippen molar-refractivity contribution in [2.45, 2.75) is 26.6 Å². The zero-order valence-corrected chi connectivity index (χ0v) is 13.2. The van der Waals surface area contributed by atoms with Crippen LogP contribution in [0.1, 0.15) is 18.3 Å². The highest BCUT2D eigenvalue weighted by Crippen LogP contribution is 2.19. The monoisotopic (exact) mass is 321 g/mol. The van der Waals surface area contributed by atoms with Crippen LogP contribution in [0.3, 0.4) is 0 Å². The molecule has 6 heteroatoms. The summed E-state index contributed by atoms with van der Waals surface area (Å²) >= 11 is 0. The van der Waals surface area contributed by atoms with Crippen molar-refractivity contribution in [2.75, 3.05) is 19.8 Å². The van der Waals surface area contributed by atoms with Gasteiger partial charge in [-0.2, -0.15) is 0 Å². The highest BCUT2D eigenvalue weighted by Gasteiger charge is 2.22. The van der Waals surface area contributed by atoms with Crippen LogP contribution in [0, 0.1) is 17.6 Å². The van der Waals surface area contributed by atoms with Crippen molar-refractivity contribution >= 4 is 0 Å². The van der Waals surface area contributed by atoms with Crippen LogP contribution in [0.2, 0.25) is 0 Å². The summed E-state index contributed by atoms with van der Waals surface area (Å²) in [5.41, 5.74) is 0.763. The third-order valence-corrected chi connectivity index (χ3v) is 4.09. The molecule has 4 nitrogen and oxygen atoms in total. The Balaban J connectivity index is 1.75. The zero-order chi connectivity index (χ0) is 16.2. The maximum absolute atomic E-state index is 13.4. The van der Waals surface area contributed by atoms with Crippen LogP contribution in [0.25, 0.3) is 0 Å². The van der Waals surface area contributed by atoms with Crippen LogP contribution in [-0.2, 0) is 24.4 Å². The maximum Gasteiger partial charge on any atom is 0.159 e. The lowest BCUT2D eigenvalue weighted by molar-refractivity contribution is 0.0851. The van der Waals surface area contributed by atoms with Crippen LogP contribution in [0.5, 0.6) is 0 Å². The van der Waals surface area contributed by atoms with Gasteiger partial charge in [-0.1, -0.05) is 6.07 Å². The molecule has 1 aliphatic heterocycles. The van der Waals surface area contributed by atoms with Crippen LogP contribution in [0.15, 0.2) is 30.6 Å². The minimum atomic E-state index is -0.811. The Hall–Kier alpha value is -1.79. The first kappa shape index (κ1) is 16.1. The number of halogens is 2. The summed E-state index contributed by atoms with van der Waals surface area (Å²) in [7, 11) is 0. The molecule has 0 saturated heterocycles. The molecule has 2 heterocycles. The molecule has 124 valence electrons. The van der Waals surface area contributed by atoms with Gasteiger partial charge in [0.25, 0.3) is 0 Å². The van der Waals surface area contributed by atoms with Gasteiger partial charge in [0.2, 0.25) is 0 Å². The number of benzene rings is 1. The van der Waals surface area contributed by atoms with Gasteiger partial charge in [0.15, 0.2) is 11.6 Å². The molecule has 0 N–H and O–H groups in total. The molecule has 0 saturated carbocycles. The Bertz CT molecular complexity index is 659. The van der Waals surface area contributed by atoms with Crippen molar-refractivity contribution in [2.24, 2.45) is 5.92 Å². The van der Waals surface area contributed by atoms with Crippen molar-refractivity contribution in [1.82, 2.24) is 14.5 Å². The lowest BCUT2D eigenvalue weighted by atomic mass is 10.1. The van der Waals surface area contributed by atoms with Crippen LogP contribution >= 0.6 is 0 Å². The Morgan fingerprint density at radius 3 is 2.91 bits per heavy atom. The fourth-order valence-corrected chi connectivity index (χ4v) is 3.03. The lowest BCUT2D eigenvalue weighted by Crippen LogP contribution is -2.30. The average molecular weight is 321 g/mol. The Labute approximate surface area is 134 Å². The first-order chi connectivity index (χ1) is 11.2. The predicted octanol–water partition coefficient (Wildman–Crippen LogP) is 2.83. The van der Waals surface area contributed by atoms with Gasteiger partial charge in [0.05, 0.1) is 13.2 Å². The molecule has 1 aromatic carbocycles. The van der Waals surface area contributed by atoms with E-state index in [-0.39, 0.29) is 0 Å². The van der Waals surface area contributed by atoms with E-state index >= 15 is 0 Å². The number of fused-ring (bicyclic) bond motifs is 1. The average Bonchev–Trinajstić information content (AvgIpc) is 2.88. The molecule has 1 aliphatic rings.